The van der Waals surface area contributed by atoms with Crippen LogP contribution in [-0.4, -0.2) is 42.0 Å². The van der Waals surface area contributed by atoms with Gasteiger partial charge >= 0.3 is 5.97 Å². The van der Waals surface area contributed by atoms with Crippen molar-refractivity contribution in [2.24, 2.45) is 35.0 Å². The van der Waals surface area contributed by atoms with E-state index in [1.165, 1.54) is 0 Å². The van der Waals surface area contributed by atoms with Crippen LogP contribution in [0, 0.1) is 35.0 Å². The molecule has 3 aliphatic rings. The predicted octanol–water partition coefficient (Wildman–Crippen LogP) is 0.524. The summed E-state index contributed by atoms with van der Waals surface area (Å²) in [7, 11) is 0. The topological polar surface area (TPSA) is 92.7 Å². The first-order valence-corrected chi connectivity index (χ1v) is 8.44. The molecule has 6 unspecified atom stereocenters. The minimum absolute atomic E-state index is 0.0196. The first-order valence-electron chi connectivity index (χ1n) is 8.44. The number of esters is 1. The third kappa shape index (κ3) is 2.38. The molecule has 6 heteroatoms. The van der Waals surface area contributed by atoms with Gasteiger partial charge in [0.05, 0.1) is 11.8 Å². The number of aliphatic hydroxyl groups excluding tert-OH is 1. The Morgan fingerprint density at radius 2 is 2.04 bits per heavy atom. The lowest BCUT2D eigenvalue weighted by molar-refractivity contribution is -0.146. The van der Waals surface area contributed by atoms with Gasteiger partial charge in [0.1, 0.15) is 12.7 Å². The highest BCUT2D eigenvalue weighted by Gasteiger charge is 2.67. The molecule has 3 rings (SSSR count). The van der Waals surface area contributed by atoms with Gasteiger partial charge in [0.15, 0.2) is 5.78 Å². The molecule has 0 aromatic rings. The Morgan fingerprint density at radius 1 is 1.35 bits per heavy atom. The number of fused-ring (bicyclic) bond motifs is 1. The van der Waals surface area contributed by atoms with Crippen LogP contribution in [0.1, 0.15) is 33.6 Å². The van der Waals surface area contributed by atoms with Crippen molar-refractivity contribution in [2.75, 3.05) is 13.2 Å². The highest BCUT2D eigenvalue weighted by molar-refractivity contribution is 5.87. The molecule has 0 radical (unpaired) electrons. The number of carbonyl (C=O) groups is 3. The summed E-state index contributed by atoms with van der Waals surface area (Å²) in [5, 5.41) is 12.2. The number of amides is 1. The van der Waals surface area contributed by atoms with Gasteiger partial charge in [-0.25, -0.2) is 0 Å². The van der Waals surface area contributed by atoms with E-state index >= 15 is 0 Å². The SMILES string of the molecule is CCC(C)(C)C(=O)NCC1C2CC3C(OC(=O)C13)C2C(=O)CO. The number of ether oxygens (including phenoxy) is 1. The molecule has 2 aliphatic carbocycles. The molecule has 0 aromatic heterocycles. The third-order valence-corrected chi connectivity index (χ3v) is 6.30. The quantitative estimate of drug-likeness (QED) is 0.695. The van der Waals surface area contributed by atoms with Gasteiger partial charge in [-0.05, 0) is 24.7 Å². The second-order valence-corrected chi connectivity index (χ2v) is 7.75. The number of ketones is 1. The summed E-state index contributed by atoms with van der Waals surface area (Å²) < 4.78 is 5.42. The second kappa shape index (κ2) is 5.58. The molecule has 3 fully saturated rings. The summed E-state index contributed by atoms with van der Waals surface area (Å²) >= 11 is 0. The number of Topliss-reactive ketones (excluding diaryl/α,β-unsaturated/α-hetero) is 1. The minimum atomic E-state index is -0.519. The van der Waals surface area contributed by atoms with Gasteiger partial charge < -0.3 is 15.2 Å². The van der Waals surface area contributed by atoms with Crippen LogP contribution in [-0.2, 0) is 19.1 Å². The standard InChI is InChI=1S/C17H25NO5/c1-4-17(2,3)16(22)18-6-10-8-5-9-12(10)15(21)23-14(9)13(8)11(20)7-19/h8-10,12-14,19H,4-7H2,1-3H3,(H,18,22). The van der Waals surface area contributed by atoms with E-state index in [9.17, 15) is 19.5 Å². The molecule has 2 bridgehead atoms. The monoisotopic (exact) mass is 323 g/mol. The fraction of sp³-hybridized carbons (Fsp3) is 0.824. The average molecular weight is 323 g/mol. The highest BCUT2D eigenvalue weighted by atomic mass is 16.6. The highest BCUT2D eigenvalue weighted by Crippen LogP contribution is 2.60. The second-order valence-electron chi connectivity index (χ2n) is 7.75. The van der Waals surface area contributed by atoms with E-state index in [-0.39, 0.29) is 47.4 Å². The molecule has 0 spiro atoms. The van der Waals surface area contributed by atoms with Gasteiger partial charge in [-0.15, -0.1) is 0 Å². The molecule has 2 saturated carbocycles. The smallest absolute Gasteiger partial charge is 0.310 e. The zero-order valence-electron chi connectivity index (χ0n) is 13.9. The van der Waals surface area contributed by atoms with Crippen molar-refractivity contribution < 1.29 is 24.2 Å². The Morgan fingerprint density at radius 3 is 2.65 bits per heavy atom. The molecule has 128 valence electrons. The molecular weight excluding hydrogens is 298 g/mol. The van der Waals surface area contributed by atoms with Crippen LogP contribution in [0.3, 0.4) is 0 Å². The van der Waals surface area contributed by atoms with Crippen molar-refractivity contribution in [3.63, 3.8) is 0 Å². The van der Waals surface area contributed by atoms with Gasteiger partial charge in [-0.3, -0.25) is 14.4 Å². The van der Waals surface area contributed by atoms with Crippen molar-refractivity contribution in [1.82, 2.24) is 5.32 Å². The molecule has 2 N–H and O–H groups in total. The largest absolute Gasteiger partial charge is 0.461 e. The Balaban J connectivity index is 1.74. The van der Waals surface area contributed by atoms with E-state index in [1.807, 2.05) is 20.8 Å². The lowest BCUT2D eigenvalue weighted by Gasteiger charge is -2.31. The van der Waals surface area contributed by atoms with Crippen LogP contribution in [0.5, 0.6) is 0 Å². The predicted molar refractivity (Wildman–Crippen MR) is 81.1 cm³/mol. The van der Waals surface area contributed by atoms with Crippen LogP contribution in [0.15, 0.2) is 0 Å². The summed E-state index contributed by atoms with van der Waals surface area (Å²) in [6, 6.07) is 0. The maximum atomic E-state index is 12.3. The van der Waals surface area contributed by atoms with Crippen molar-refractivity contribution in [2.45, 2.75) is 39.7 Å². The number of carbonyl (C=O) groups excluding carboxylic acids is 3. The van der Waals surface area contributed by atoms with Crippen LogP contribution < -0.4 is 5.32 Å². The third-order valence-electron chi connectivity index (χ3n) is 6.30. The number of aliphatic hydroxyl groups is 1. The van der Waals surface area contributed by atoms with Crippen LogP contribution in [0.25, 0.3) is 0 Å². The Kier molecular flexibility index (Phi) is 3.99. The summed E-state index contributed by atoms with van der Waals surface area (Å²) in [5.41, 5.74) is -0.448. The molecule has 0 aromatic carbocycles. The number of hydrogen-bond donors (Lipinski definition) is 2. The van der Waals surface area contributed by atoms with Gasteiger partial charge in [0.2, 0.25) is 5.91 Å². The molecule has 1 saturated heterocycles. The van der Waals surface area contributed by atoms with Crippen molar-refractivity contribution in [3.8, 4) is 0 Å². The van der Waals surface area contributed by atoms with Gasteiger partial charge in [-0.1, -0.05) is 20.8 Å². The fourth-order valence-electron chi connectivity index (χ4n) is 4.62. The molecule has 1 amide bonds. The maximum absolute atomic E-state index is 12.3. The van der Waals surface area contributed by atoms with Crippen LogP contribution in [0.2, 0.25) is 0 Å². The van der Waals surface area contributed by atoms with E-state index in [4.69, 9.17) is 4.74 Å². The van der Waals surface area contributed by atoms with E-state index < -0.39 is 17.9 Å². The van der Waals surface area contributed by atoms with E-state index in [0.29, 0.717) is 6.54 Å². The molecular formula is C17H25NO5. The lowest BCUT2D eigenvalue weighted by atomic mass is 9.72. The first kappa shape index (κ1) is 16.4. The molecule has 1 heterocycles. The fourth-order valence-corrected chi connectivity index (χ4v) is 4.62. The summed E-state index contributed by atoms with van der Waals surface area (Å²) in [4.78, 5) is 36.5. The molecule has 23 heavy (non-hydrogen) atoms. The summed E-state index contributed by atoms with van der Waals surface area (Å²) in [5.74, 6) is -1.13. The first-order chi connectivity index (χ1) is 10.8. The lowest BCUT2D eigenvalue weighted by Crippen LogP contribution is -2.45. The number of rotatable bonds is 6. The Labute approximate surface area is 136 Å². The maximum Gasteiger partial charge on any atom is 0.310 e. The Hall–Kier alpha value is -1.43. The van der Waals surface area contributed by atoms with E-state index in [2.05, 4.69) is 5.32 Å². The van der Waals surface area contributed by atoms with Crippen molar-refractivity contribution >= 4 is 17.7 Å². The Bertz CT molecular complexity index is 543. The summed E-state index contributed by atoms with van der Waals surface area (Å²) in [6.07, 6.45) is 1.14. The molecule has 6 nitrogen and oxygen atoms in total. The van der Waals surface area contributed by atoms with Gasteiger partial charge in [0.25, 0.3) is 0 Å². The van der Waals surface area contributed by atoms with Gasteiger partial charge in [0, 0.05) is 17.9 Å². The minimum Gasteiger partial charge on any atom is -0.461 e. The normalized spacial score (nSPS) is 37.8. The number of hydrogen-bond acceptors (Lipinski definition) is 5. The number of nitrogens with one attached hydrogen (secondary N) is 1. The van der Waals surface area contributed by atoms with Gasteiger partial charge in [-0.2, -0.15) is 0 Å². The van der Waals surface area contributed by atoms with E-state index in [1.54, 1.807) is 0 Å². The van der Waals surface area contributed by atoms with Crippen LogP contribution >= 0.6 is 0 Å². The summed E-state index contributed by atoms with van der Waals surface area (Å²) in [6.45, 7) is 5.62. The van der Waals surface area contributed by atoms with Crippen LogP contribution in [0.4, 0.5) is 0 Å². The van der Waals surface area contributed by atoms with Crippen molar-refractivity contribution in [1.29, 1.82) is 0 Å². The van der Waals surface area contributed by atoms with Crippen molar-refractivity contribution in [3.05, 3.63) is 0 Å². The van der Waals surface area contributed by atoms with E-state index in [0.717, 1.165) is 12.8 Å². The zero-order valence-corrected chi connectivity index (χ0v) is 13.9. The average Bonchev–Trinajstić information content (AvgIpc) is 3.13. The zero-order chi connectivity index (χ0) is 16.9. The molecule has 6 atom stereocenters. The molecule has 1 aliphatic heterocycles.